The second kappa shape index (κ2) is 8.08. The van der Waals surface area contributed by atoms with Crippen molar-refractivity contribution in [3.63, 3.8) is 0 Å². The number of anilines is 1. The van der Waals surface area contributed by atoms with Gasteiger partial charge in [-0.3, -0.25) is 19.8 Å². The number of nitro groups is 1. The van der Waals surface area contributed by atoms with Crippen molar-refractivity contribution in [1.82, 2.24) is 0 Å². The summed E-state index contributed by atoms with van der Waals surface area (Å²) in [4.78, 5) is 24.8. The predicted octanol–water partition coefficient (Wildman–Crippen LogP) is 5.13. The maximum atomic E-state index is 12.8. The fourth-order valence-electron chi connectivity index (χ4n) is 2.46. The Kier molecular flexibility index (Phi) is 5.94. The first-order valence-electron chi connectivity index (χ1n) is 7.51. The Morgan fingerprint density at radius 2 is 2.11 bits per heavy atom. The molecule has 1 aliphatic heterocycles. The summed E-state index contributed by atoms with van der Waals surface area (Å²) in [6.45, 7) is 0. The van der Waals surface area contributed by atoms with Crippen molar-refractivity contribution in [3.8, 4) is 11.5 Å². The standard InChI is InChI=1S/C17H10BrClN2O5S2/c1-26-13-5-8(4-12(15(13)22)21(24)25)6-14-16(23)20(17(27)28-14)9-2-3-10(18)11(19)7-9/h2-7,22H,1H3. The molecule has 3 rings (SSSR count). The second-order valence-electron chi connectivity index (χ2n) is 5.46. The number of ether oxygens (including phenoxy) is 1. The third-order valence-corrected chi connectivity index (χ3v) is 6.28. The molecule has 0 unspecified atom stereocenters. The molecule has 0 aliphatic carbocycles. The Bertz CT molecular complexity index is 1060. The molecule has 2 aromatic carbocycles. The van der Waals surface area contributed by atoms with Gasteiger partial charge in [-0.05, 0) is 51.8 Å². The van der Waals surface area contributed by atoms with Gasteiger partial charge in [0, 0.05) is 10.5 Å². The summed E-state index contributed by atoms with van der Waals surface area (Å²) in [6.07, 6.45) is 1.45. The van der Waals surface area contributed by atoms with E-state index in [0.717, 1.165) is 17.8 Å². The van der Waals surface area contributed by atoms with E-state index in [1.165, 1.54) is 24.2 Å². The van der Waals surface area contributed by atoms with E-state index in [1.54, 1.807) is 18.2 Å². The molecule has 0 saturated carbocycles. The van der Waals surface area contributed by atoms with E-state index in [-0.39, 0.29) is 16.6 Å². The van der Waals surface area contributed by atoms with Crippen molar-refractivity contribution in [2.45, 2.75) is 0 Å². The van der Waals surface area contributed by atoms with Crippen LogP contribution < -0.4 is 9.64 Å². The maximum absolute atomic E-state index is 12.8. The molecule has 28 heavy (non-hydrogen) atoms. The fraction of sp³-hybridized carbons (Fsp3) is 0.0588. The van der Waals surface area contributed by atoms with Crippen LogP contribution in [0, 0.1) is 10.1 Å². The Labute approximate surface area is 182 Å². The summed E-state index contributed by atoms with van der Waals surface area (Å²) >= 11 is 15.7. The summed E-state index contributed by atoms with van der Waals surface area (Å²) in [5.41, 5.74) is 0.296. The molecule has 0 aromatic heterocycles. The van der Waals surface area contributed by atoms with Gasteiger partial charge in [0.05, 0.1) is 27.6 Å². The average Bonchev–Trinajstić information content (AvgIpc) is 2.92. The van der Waals surface area contributed by atoms with E-state index in [0.29, 0.717) is 25.1 Å². The molecule has 2 aromatic rings. The van der Waals surface area contributed by atoms with E-state index in [9.17, 15) is 20.0 Å². The zero-order chi connectivity index (χ0) is 20.6. The molecule has 1 heterocycles. The molecule has 0 spiro atoms. The van der Waals surface area contributed by atoms with Crippen LogP contribution in [0.1, 0.15) is 5.56 Å². The SMILES string of the molecule is COc1cc(C=C2SC(=S)N(c3ccc(Br)c(Cl)c3)C2=O)cc([N+](=O)[O-])c1O. The number of hydrogen-bond acceptors (Lipinski definition) is 7. The number of methoxy groups -OCH3 is 1. The number of thioether (sulfide) groups is 1. The van der Waals surface area contributed by atoms with Crippen LogP contribution in [0.2, 0.25) is 5.02 Å². The van der Waals surface area contributed by atoms with E-state index in [2.05, 4.69) is 15.9 Å². The molecular weight excluding hydrogens is 492 g/mol. The van der Waals surface area contributed by atoms with E-state index < -0.39 is 16.4 Å². The molecule has 1 amide bonds. The van der Waals surface area contributed by atoms with E-state index >= 15 is 0 Å². The first kappa shape index (κ1) is 20.6. The van der Waals surface area contributed by atoms with Crippen LogP contribution >= 0.6 is 51.5 Å². The lowest BCUT2D eigenvalue weighted by atomic mass is 10.1. The van der Waals surface area contributed by atoms with Gasteiger partial charge in [-0.15, -0.1) is 0 Å². The van der Waals surface area contributed by atoms with Crippen LogP contribution in [-0.2, 0) is 4.79 Å². The molecular formula is C17H10BrClN2O5S2. The van der Waals surface area contributed by atoms with Crippen LogP contribution in [0.5, 0.6) is 11.5 Å². The van der Waals surface area contributed by atoms with Gasteiger partial charge in [-0.1, -0.05) is 35.6 Å². The monoisotopic (exact) mass is 500 g/mol. The lowest BCUT2D eigenvalue weighted by Crippen LogP contribution is -2.27. The van der Waals surface area contributed by atoms with Crippen LogP contribution in [0.15, 0.2) is 39.7 Å². The number of carbonyl (C=O) groups excluding carboxylic acids is 1. The van der Waals surface area contributed by atoms with Crippen molar-refractivity contribution >= 4 is 79.2 Å². The van der Waals surface area contributed by atoms with Crippen molar-refractivity contribution in [2.24, 2.45) is 0 Å². The highest BCUT2D eigenvalue weighted by Gasteiger charge is 2.34. The molecule has 0 bridgehead atoms. The normalized spacial score (nSPS) is 15.4. The number of carbonyl (C=O) groups is 1. The Hall–Kier alpha value is -2.14. The number of halogens is 2. The van der Waals surface area contributed by atoms with Gasteiger partial charge >= 0.3 is 5.69 Å². The van der Waals surface area contributed by atoms with Crippen molar-refractivity contribution < 1.29 is 19.6 Å². The third-order valence-electron chi connectivity index (χ3n) is 3.75. The zero-order valence-corrected chi connectivity index (χ0v) is 18.0. The third kappa shape index (κ3) is 3.86. The van der Waals surface area contributed by atoms with Crippen LogP contribution in [0.25, 0.3) is 6.08 Å². The predicted molar refractivity (Wildman–Crippen MR) is 116 cm³/mol. The Morgan fingerprint density at radius 1 is 1.39 bits per heavy atom. The van der Waals surface area contributed by atoms with Crippen molar-refractivity contribution in [2.75, 3.05) is 12.0 Å². The first-order chi connectivity index (χ1) is 13.2. The molecule has 1 N–H and O–H groups in total. The van der Waals surface area contributed by atoms with Gasteiger partial charge in [0.1, 0.15) is 0 Å². The summed E-state index contributed by atoms with van der Waals surface area (Å²) in [6, 6.07) is 7.55. The van der Waals surface area contributed by atoms with Crippen molar-refractivity contribution in [3.05, 3.63) is 60.4 Å². The van der Waals surface area contributed by atoms with Gasteiger partial charge in [0.15, 0.2) is 10.1 Å². The number of hydrogen-bond donors (Lipinski definition) is 1. The number of aromatic hydroxyl groups is 1. The molecule has 1 fully saturated rings. The summed E-state index contributed by atoms with van der Waals surface area (Å²) in [7, 11) is 1.28. The van der Waals surface area contributed by atoms with E-state index in [1.807, 2.05) is 0 Å². The van der Waals surface area contributed by atoms with Crippen LogP contribution in [0.3, 0.4) is 0 Å². The highest BCUT2D eigenvalue weighted by Crippen LogP contribution is 2.41. The van der Waals surface area contributed by atoms with Gasteiger partial charge < -0.3 is 9.84 Å². The molecule has 0 atom stereocenters. The summed E-state index contributed by atoms with van der Waals surface area (Å²) < 4.78 is 5.96. The molecule has 11 heteroatoms. The largest absolute Gasteiger partial charge is 0.500 e. The quantitative estimate of drug-likeness (QED) is 0.269. The van der Waals surface area contributed by atoms with Gasteiger partial charge in [-0.2, -0.15) is 0 Å². The number of nitro benzene ring substituents is 1. The number of phenolic OH excluding ortho intramolecular Hbond substituents is 1. The lowest BCUT2D eigenvalue weighted by Gasteiger charge is -2.15. The highest BCUT2D eigenvalue weighted by molar-refractivity contribution is 9.10. The van der Waals surface area contributed by atoms with Gasteiger partial charge in [-0.25, -0.2) is 0 Å². The minimum atomic E-state index is -0.732. The number of nitrogens with zero attached hydrogens (tertiary/aromatic N) is 2. The minimum Gasteiger partial charge on any atom is -0.500 e. The smallest absolute Gasteiger partial charge is 0.315 e. The lowest BCUT2D eigenvalue weighted by molar-refractivity contribution is -0.386. The number of phenols is 1. The number of amides is 1. The van der Waals surface area contributed by atoms with Crippen molar-refractivity contribution in [1.29, 1.82) is 0 Å². The van der Waals surface area contributed by atoms with Crippen LogP contribution in [0.4, 0.5) is 11.4 Å². The fourth-order valence-corrected chi connectivity index (χ4v) is 4.18. The van der Waals surface area contributed by atoms with E-state index in [4.69, 9.17) is 28.6 Å². The first-order valence-corrected chi connectivity index (χ1v) is 9.91. The summed E-state index contributed by atoms with van der Waals surface area (Å²) in [5, 5.41) is 21.4. The minimum absolute atomic E-state index is 0.0735. The molecule has 7 nitrogen and oxygen atoms in total. The molecule has 144 valence electrons. The number of thiocarbonyl (C=S) groups is 1. The molecule has 0 radical (unpaired) electrons. The molecule has 1 saturated heterocycles. The van der Waals surface area contributed by atoms with Crippen LogP contribution in [-0.4, -0.2) is 27.4 Å². The second-order valence-corrected chi connectivity index (χ2v) is 8.40. The maximum Gasteiger partial charge on any atom is 0.315 e. The topological polar surface area (TPSA) is 92.9 Å². The molecule has 1 aliphatic rings. The zero-order valence-electron chi connectivity index (χ0n) is 14.0. The Balaban J connectivity index is 2.01. The van der Waals surface area contributed by atoms with Gasteiger partial charge in [0.25, 0.3) is 5.91 Å². The number of benzene rings is 2. The highest BCUT2D eigenvalue weighted by atomic mass is 79.9. The van der Waals surface area contributed by atoms with Gasteiger partial charge in [0.2, 0.25) is 5.75 Å². The summed E-state index contributed by atoms with van der Waals surface area (Å²) in [5.74, 6) is -1.04. The average molecular weight is 502 g/mol. The number of rotatable bonds is 4. The Morgan fingerprint density at radius 3 is 2.71 bits per heavy atom.